The molecule has 1 aliphatic rings. The van der Waals surface area contributed by atoms with E-state index in [-0.39, 0.29) is 25.0 Å². The molecule has 1 amide bonds. The molecular formula is C9H12N6O2. The number of carbonyl (C=O) groups excluding carboxylic acids is 1. The van der Waals surface area contributed by atoms with Crippen LogP contribution in [-0.4, -0.2) is 51.2 Å². The molecule has 0 aromatic carbocycles. The Labute approximate surface area is 97.1 Å². The van der Waals surface area contributed by atoms with Gasteiger partial charge in [-0.05, 0) is 5.53 Å². The van der Waals surface area contributed by atoms with Crippen molar-refractivity contribution in [1.82, 2.24) is 14.5 Å². The maximum atomic E-state index is 11.6. The molecule has 2 heterocycles. The Balaban J connectivity index is 2.02. The number of likely N-dealkylation sites (tertiary alicyclic amines) is 1. The third-order valence-electron chi connectivity index (χ3n) is 2.79. The minimum absolute atomic E-state index is 0.187. The summed E-state index contributed by atoms with van der Waals surface area (Å²) in [6.07, 6.45) is 4.35. The molecule has 1 aliphatic heterocycles. The predicted octanol–water partition coefficient (Wildman–Crippen LogP) is -0.0624. The molecule has 1 saturated heterocycles. The maximum absolute atomic E-state index is 11.6. The van der Waals surface area contributed by atoms with E-state index < -0.39 is 6.10 Å². The summed E-state index contributed by atoms with van der Waals surface area (Å²) in [6, 6.07) is -0.187. The highest BCUT2D eigenvalue weighted by Crippen LogP contribution is 2.21. The first kappa shape index (κ1) is 11.4. The van der Waals surface area contributed by atoms with E-state index in [9.17, 15) is 9.90 Å². The Bertz CT molecular complexity index is 438. The van der Waals surface area contributed by atoms with Crippen molar-refractivity contribution in [2.75, 3.05) is 19.6 Å². The topological polar surface area (TPSA) is 107 Å². The van der Waals surface area contributed by atoms with E-state index in [1.807, 2.05) is 0 Å². The fourth-order valence-corrected chi connectivity index (χ4v) is 1.92. The third kappa shape index (κ3) is 2.38. The van der Waals surface area contributed by atoms with Gasteiger partial charge >= 0.3 is 0 Å². The summed E-state index contributed by atoms with van der Waals surface area (Å²) in [5.74, 6) is -0.274. The monoisotopic (exact) mass is 236 g/mol. The van der Waals surface area contributed by atoms with Crippen LogP contribution in [0.2, 0.25) is 0 Å². The SMILES string of the molecule is [N-]=[N+]=NCC(=O)N1C[C@@H](O)[C@H](n2ccnc2)C1. The zero-order valence-electron chi connectivity index (χ0n) is 9.05. The number of azide groups is 1. The Morgan fingerprint density at radius 3 is 3.12 bits per heavy atom. The van der Waals surface area contributed by atoms with Gasteiger partial charge in [0.05, 0.1) is 18.5 Å². The molecule has 0 spiro atoms. The first-order valence-electron chi connectivity index (χ1n) is 5.16. The van der Waals surface area contributed by atoms with Crippen LogP contribution < -0.4 is 0 Å². The fraction of sp³-hybridized carbons (Fsp3) is 0.556. The van der Waals surface area contributed by atoms with Gasteiger partial charge < -0.3 is 14.6 Å². The average molecular weight is 236 g/mol. The van der Waals surface area contributed by atoms with Crippen LogP contribution in [-0.2, 0) is 4.79 Å². The van der Waals surface area contributed by atoms with E-state index in [0.717, 1.165) is 0 Å². The quantitative estimate of drug-likeness (QED) is 0.451. The highest BCUT2D eigenvalue weighted by molar-refractivity contribution is 5.78. The van der Waals surface area contributed by atoms with Gasteiger partial charge in [0.2, 0.25) is 5.91 Å². The van der Waals surface area contributed by atoms with Crippen LogP contribution in [0, 0.1) is 0 Å². The Kier molecular flexibility index (Phi) is 3.27. The van der Waals surface area contributed by atoms with Gasteiger partial charge in [0.15, 0.2) is 0 Å². The highest BCUT2D eigenvalue weighted by Gasteiger charge is 2.34. The van der Waals surface area contributed by atoms with Crippen LogP contribution in [0.5, 0.6) is 0 Å². The summed E-state index contributed by atoms with van der Waals surface area (Å²) in [5, 5.41) is 13.1. The number of hydrogen-bond donors (Lipinski definition) is 1. The van der Waals surface area contributed by atoms with E-state index in [1.165, 1.54) is 4.90 Å². The summed E-state index contributed by atoms with van der Waals surface area (Å²) >= 11 is 0. The first-order chi connectivity index (χ1) is 8.22. The summed E-state index contributed by atoms with van der Waals surface area (Å²) in [7, 11) is 0. The van der Waals surface area contributed by atoms with E-state index in [1.54, 1.807) is 23.3 Å². The van der Waals surface area contributed by atoms with E-state index in [2.05, 4.69) is 15.0 Å². The van der Waals surface area contributed by atoms with Crippen molar-refractivity contribution in [3.63, 3.8) is 0 Å². The molecule has 8 nitrogen and oxygen atoms in total. The molecule has 0 saturated carbocycles. The second-order valence-electron chi connectivity index (χ2n) is 3.83. The minimum Gasteiger partial charge on any atom is -0.389 e. The molecule has 0 aliphatic carbocycles. The molecular weight excluding hydrogens is 224 g/mol. The summed E-state index contributed by atoms with van der Waals surface area (Å²) in [6.45, 7) is 0.444. The smallest absolute Gasteiger partial charge is 0.228 e. The van der Waals surface area contributed by atoms with Crippen LogP contribution >= 0.6 is 0 Å². The molecule has 2 atom stereocenters. The largest absolute Gasteiger partial charge is 0.389 e. The van der Waals surface area contributed by atoms with E-state index in [0.29, 0.717) is 6.54 Å². The van der Waals surface area contributed by atoms with Gasteiger partial charge in [-0.2, -0.15) is 0 Å². The number of aliphatic hydroxyl groups excluding tert-OH is 1. The van der Waals surface area contributed by atoms with E-state index >= 15 is 0 Å². The van der Waals surface area contributed by atoms with Crippen molar-refractivity contribution in [2.24, 2.45) is 5.11 Å². The zero-order chi connectivity index (χ0) is 12.3. The van der Waals surface area contributed by atoms with Gasteiger partial charge in [0.1, 0.15) is 6.54 Å². The third-order valence-corrected chi connectivity index (χ3v) is 2.79. The molecule has 0 radical (unpaired) electrons. The van der Waals surface area contributed by atoms with Crippen LogP contribution in [0.15, 0.2) is 23.8 Å². The van der Waals surface area contributed by atoms with Crippen LogP contribution in [0.25, 0.3) is 10.4 Å². The van der Waals surface area contributed by atoms with Gasteiger partial charge in [0, 0.05) is 30.4 Å². The van der Waals surface area contributed by atoms with Crippen molar-refractivity contribution in [3.05, 3.63) is 29.2 Å². The molecule has 1 aromatic rings. The Hall–Kier alpha value is -2.05. The number of nitrogens with zero attached hydrogens (tertiary/aromatic N) is 6. The fourth-order valence-electron chi connectivity index (χ4n) is 1.92. The number of carbonyl (C=O) groups is 1. The van der Waals surface area contributed by atoms with Crippen LogP contribution in [0.1, 0.15) is 6.04 Å². The number of β-amino-alcohol motifs (C(OH)–C–C–N with tert-alkyl or cyclic N) is 1. The zero-order valence-corrected chi connectivity index (χ0v) is 9.05. The van der Waals surface area contributed by atoms with Gasteiger partial charge in [-0.25, -0.2) is 4.98 Å². The standard InChI is InChI=1S/C9H12N6O2/c10-13-12-3-9(17)15-4-7(8(16)5-15)14-2-1-11-6-14/h1-2,6-8,16H,3-5H2/t7-,8-/m1/s1. The molecule has 8 heteroatoms. The highest BCUT2D eigenvalue weighted by atomic mass is 16.3. The maximum Gasteiger partial charge on any atom is 0.228 e. The molecule has 1 fully saturated rings. The molecule has 1 aromatic heterocycles. The van der Waals surface area contributed by atoms with Gasteiger partial charge in [0.25, 0.3) is 0 Å². The molecule has 1 N–H and O–H groups in total. The lowest BCUT2D eigenvalue weighted by Gasteiger charge is -2.15. The lowest BCUT2D eigenvalue weighted by atomic mass is 10.2. The Morgan fingerprint density at radius 2 is 2.47 bits per heavy atom. The van der Waals surface area contributed by atoms with Crippen molar-refractivity contribution >= 4 is 5.91 Å². The molecule has 0 unspecified atom stereocenters. The minimum atomic E-state index is -0.626. The predicted molar refractivity (Wildman–Crippen MR) is 57.9 cm³/mol. The van der Waals surface area contributed by atoms with E-state index in [4.69, 9.17) is 5.53 Å². The van der Waals surface area contributed by atoms with Crippen molar-refractivity contribution in [1.29, 1.82) is 0 Å². The molecule has 90 valence electrons. The van der Waals surface area contributed by atoms with Crippen LogP contribution in [0.3, 0.4) is 0 Å². The van der Waals surface area contributed by atoms with Gasteiger partial charge in [-0.1, -0.05) is 5.11 Å². The normalized spacial score (nSPS) is 23.5. The Morgan fingerprint density at radius 1 is 1.65 bits per heavy atom. The van der Waals surface area contributed by atoms with Crippen molar-refractivity contribution in [3.8, 4) is 0 Å². The molecule has 2 rings (SSSR count). The average Bonchev–Trinajstić information content (AvgIpc) is 2.94. The number of amides is 1. The number of rotatable bonds is 3. The molecule has 17 heavy (non-hydrogen) atoms. The summed E-state index contributed by atoms with van der Waals surface area (Å²) in [4.78, 5) is 19.5. The lowest BCUT2D eigenvalue weighted by molar-refractivity contribution is -0.129. The first-order valence-corrected chi connectivity index (χ1v) is 5.16. The lowest BCUT2D eigenvalue weighted by Crippen LogP contribution is -2.31. The number of aromatic nitrogens is 2. The molecule has 0 bridgehead atoms. The summed E-state index contributed by atoms with van der Waals surface area (Å²) < 4.78 is 1.77. The van der Waals surface area contributed by atoms with Crippen molar-refractivity contribution in [2.45, 2.75) is 12.1 Å². The number of imidazole rings is 1. The van der Waals surface area contributed by atoms with Crippen molar-refractivity contribution < 1.29 is 9.90 Å². The number of hydrogen-bond acceptors (Lipinski definition) is 4. The van der Waals surface area contributed by atoms with Gasteiger partial charge in [-0.15, -0.1) is 0 Å². The second kappa shape index (κ2) is 4.86. The van der Waals surface area contributed by atoms with Crippen LogP contribution in [0.4, 0.5) is 0 Å². The number of aliphatic hydroxyl groups is 1. The van der Waals surface area contributed by atoms with Gasteiger partial charge in [-0.3, -0.25) is 4.79 Å². The summed E-state index contributed by atoms with van der Waals surface area (Å²) in [5.41, 5.74) is 8.14. The second-order valence-corrected chi connectivity index (χ2v) is 3.83.